The zero-order valence-electron chi connectivity index (χ0n) is 17.4. The summed E-state index contributed by atoms with van der Waals surface area (Å²) >= 11 is 1.75. The van der Waals surface area contributed by atoms with E-state index in [0.717, 1.165) is 49.8 Å². The lowest BCUT2D eigenvalue weighted by molar-refractivity contribution is -0.384. The molecule has 0 unspecified atom stereocenters. The van der Waals surface area contributed by atoms with Crippen LogP contribution in [0, 0.1) is 10.1 Å². The van der Waals surface area contributed by atoms with Crippen molar-refractivity contribution >= 4 is 38.3 Å². The van der Waals surface area contributed by atoms with Crippen LogP contribution in [0.15, 0.2) is 42.5 Å². The number of piperazine rings is 1. The highest BCUT2D eigenvalue weighted by molar-refractivity contribution is 7.22. The van der Waals surface area contributed by atoms with Gasteiger partial charge in [-0.2, -0.15) is 0 Å². The third-order valence-corrected chi connectivity index (χ3v) is 6.63. The Morgan fingerprint density at radius 3 is 2.71 bits per heavy atom. The van der Waals surface area contributed by atoms with Gasteiger partial charge < -0.3 is 10.2 Å². The van der Waals surface area contributed by atoms with Crippen LogP contribution in [0.25, 0.3) is 10.2 Å². The highest BCUT2D eigenvalue weighted by Crippen LogP contribution is 2.31. The molecule has 1 saturated heterocycles. The summed E-state index contributed by atoms with van der Waals surface area (Å²) in [5.74, 6) is -0.288. The lowest BCUT2D eigenvalue weighted by atomic mass is 10.1. The molecule has 4 rings (SSSR count). The lowest BCUT2D eigenvalue weighted by Gasteiger charge is -2.34. The molecule has 1 amide bonds. The van der Waals surface area contributed by atoms with Crippen molar-refractivity contribution in [3.8, 4) is 0 Å². The number of nitrogens with zero attached hydrogens (tertiary/aromatic N) is 4. The van der Waals surface area contributed by atoms with E-state index < -0.39 is 4.92 Å². The third kappa shape index (κ3) is 4.83. The first-order chi connectivity index (χ1) is 15.0. The summed E-state index contributed by atoms with van der Waals surface area (Å²) in [6.07, 6.45) is 0.982. The second-order valence-electron chi connectivity index (χ2n) is 7.51. The third-order valence-electron chi connectivity index (χ3n) is 5.55. The van der Waals surface area contributed by atoms with Gasteiger partial charge in [-0.3, -0.25) is 19.8 Å². The second-order valence-corrected chi connectivity index (χ2v) is 8.51. The highest BCUT2D eigenvalue weighted by atomic mass is 32.1. The van der Waals surface area contributed by atoms with Crippen molar-refractivity contribution in [2.45, 2.75) is 13.3 Å². The van der Waals surface area contributed by atoms with E-state index in [-0.39, 0.29) is 11.6 Å². The molecule has 2 heterocycles. The van der Waals surface area contributed by atoms with Gasteiger partial charge in [-0.05, 0) is 24.1 Å². The van der Waals surface area contributed by atoms with Crippen LogP contribution in [-0.2, 0) is 6.42 Å². The van der Waals surface area contributed by atoms with Crippen molar-refractivity contribution in [2.24, 2.45) is 0 Å². The van der Waals surface area contributed by atoms with Crippen LogP contribution in [0.3, 0.4) is 0 Å². The minimum absolute atomic E-state index is 0.0790. The predicted octanol–water partition coefficient (Wildman–Crippen LogP) is 3.32. The molecule has 0 bridgehead atoms. The SMILES string of the molecule is CCc1cccc2sc(N3CCN(CCNC(=O)c4cccc([N+](=O)[O-])c4)CC3)nc12. The van der Waals surface area contributed by atoms with Crippen molar-refractivity contribution < 1.29 is 9.72 Å². The van der Waals surface area contributed by atoms with E-state index in [4.69, 9.17) is 4.98 Å². The molecule has 162 valence electrons. The number of rotatable bonds is 7. The first-order valence-corrected chi connectivity index (χ1v) is 11.2. The number of carbonyl (C=O) groups is 1. The van der Waals surface area contributed by atoms with Gasteiger partial charge in [0, 0.05) is 57.0 Å². The predicted molar refractivity (Wildman–Crippen MR) is 123 cm³/mol. The zero-order chi connectivity index (χ0) is 21.8. The van der Waals surface area contributed by atoms with Crippen LogP contribution in [0.5, 0.6) is 0 Å². The first-order valence-electron chi connectivity index (χ1n) is 10.4. The number of thiazole rings is 1. The number of para-hydroxylation sites is 1. The van der Waals surface area contributed by atoms with Gasteiger partial charge >= 0.3 is 0 Å². The molecule has 2 aromatic carbocycles. The number of non-ortho nitro benzene ring substituents is 1. The van der Waals surface area contributed by atoms with Gasteiger partial charge in [0.05, 0.1) is 15.1 Å². The molecule has 0 aliphatic carbocycles. The normalized spacial score (nSPS) is 14.7. The average molecular weight is 440 g/mol. The van der Waals surface area contributed by atoms with Crippen molar-refractivity contribution in [3.05, 3.63) is 63.7 Å². The van der Waals surface area contributed by atoms with E-state index in [0.29, 0.717) is 12.1 Å². The van der Waals surface area contributed by atoms with Crippen molar-refractivity contribution in [1.29, 1.82) is 0 Å². The molecule has 0 radical (unpaired) electrons. The number of aromatic nitrogens is 1. The molecular weight excluding hydrogens is 414 g/mol. The van der Waals surface area contributed by atoms with Gasteiger partial charge in [-0.25, -0.2) is 4.98 Å². The smallest absolute Gasteiger partial charge is 0.270 e. The molecule has 31 heavy (non-hydrogen) atoms. The molecule has 1 aliphatic rings. The van der Waals surface area contributed by atoms with Gasteiger partial charge in [0.25, 0.3) is 11.6 Å². The Morgan fingerprint density at radius 2 is 1.97 bits per heavy atom. The number of aryl methyl sites for hydroxylation is 1. The Hall–Kier alpha value is -3.04. The Morgan fingerprint density at radius 1 is 1.19 bits per heavy atom. The Balaban J connectivity index is 1.27. The lowest BCUT2D eigenvalue weighted by Crippen LogP contribution is -2.48. The van der Waals surface area contributed by atoms with E-state index in [1.165, 1.54) is 28.5 Å². The molecule has 1 aliphatic heterocycles. The molecule has 0 atom stereocenters. The number of amides is 1. The molecule has 0 spiro atoms. The topological polar surface area (TPSA) is 91.6 Å². The summed E-state index contributed by atoms with van der Waals surface area (Å²) in [5, 5.41) is 14.8. The second kappa shape index (κ2) is 9.40. The molecule has 1 fully saturated rings. The van der Waals surface area contributed by atoms with E-state index in [1.54, 1.807) is 17.4 Å². The van der Waals surface area contributed by atoms with Crippen LogP contribution in [0.4, 0.5) is 10.8 Å². The zero-order valence-corrected chi connectivity index (χ0v) is 18.2. The molecule has 9 heteroatoms. The molecular formula is C22H25N5O3S. The highest BCUT2D eigenvalue weighted by Gasteiger charge is 2.20. The number of nitrogens with one attached hydrogen (secondary N) is 1. The molecule has 8 nitrogen and oxygen atoms in total. The summed E-state index contributed by atoms with van der Waals surface area (Å²) < 4.78 is 1.24. The maximum Gasteiger partial charge on any atom is 0.270 e. The van der Waals surface area contributed by atoms with E-state index in [2.05, 4.69) is 40.2 Å². The first kappa shape index (κ1) is 21.2. The summed E-state index contributed by atoms with van der Waals surface area (Å²) in [6.45, 7) is 7.02. The molecule has 3 aromatic rings. The number of hydrogen-bond acceptors (Lipinski definition) is 7. The fourth-order valence-corrected chi connectivity index (χ4v) is 4.83. The van der Waals surface area contributed by atoms with E-state index in [1.807, 2.05) is 0 Å². The Bertz CT molecular complexity index is 1090. The maximum absolute atomic E-state index is 12.3. The Labute approximate surface area is 184 Å². The maximum atomic E-state index is 12.3. The quantitative estimate of drug-likeness (QED) is 0.449. The fraction of sp³-hybridized carbons (Fsp3) is 0.364. The van der Waals surface area contributed by atoms with Crippen LogP contribution in [-0.4, -0.2) is 60.0 Å². The number of nitro benzene ring substituents is 1. The average Bonchev–Trinajstić information content (AvgIpc) is 3.24. The minimum atomic E-state index is -0.495. The standard InChI is InChI=1S/C22H25N5O3S/c1-2-16-5-4-8-19-20(16)24-22(31-19)26-13-11-25(12-14-26)10-9-23-21(28)17-6-3-7-18(15-17)27(29)30/h3-8,15H,2,9-14H2,1H3,(H,23,28). The number of benzene rings is 2. The van der Waals surface area contributed by atoms with E-state index >= 15 is 0 Å². The summed E-state index contributed by atoms with van der Waals surface area (Å²) in [5.41, 5.74) is 2.64. The molecule has 0 saturated carbocycles. The molecule has 1 N–H and O–H groups in total. The number of hydrogen-bond donors (Lipinski definition) is 1. The van der Waals surface area contributed by atoms with Gasteiger partial charge in [0.2, 0.25) is 0 Å². The van der Waals surface area contributed by atoms with Crippen LogP contribution < -0.4 is 10.2 Å². The number of nitro groups is 1. The van der Waals surface area contributed by atoms with Gasteiger partial charge in [0.1, 0.15) is 0 Å². The van der Waals surface area contributed by atoms with Crippen LogP contribution >= 0.6 is 11.3 Å². The molecule has 1 aromatic heterocycles. The van der Waals surface area contributed by atoms with Crippen LogP contribution in [0.1, 0.15) is 22.8 Å². The van der Waals surface area contributed by atoms with Gasteiger partial charge in [-0.1, -0.05) is 36.5 Å². The Kier molecular flexibility index (Phi) is 6.43. The van der Waals surface area contributed by atoms with Gasteiger partial charge in [-0.15, -0.1) is 0 Å². The van der Waals surface area contributed by atoms with E-state index in [9.17, 15) is 14.9 Å². The number of carbonyl (C=O) groups excluding carboxylic acids is 1. The number of fused-ring (bicyclic) bond motifs is 1. The van der Waals surface area contributed by atoms with Gasteiger partial charge in [0.15, 0.2) is 5.13 Å². The minimum Gasteiger partial charge on any atom is -0.351 e. The monoisotopic (exact) mass is 439 g/mol. The fourth-order valence-electron chi connectivity index (χ4n) is 3.77. The van der Waals surface area contributed by atoms with Crippen molar-refractivity contribution in [1.82, 2.24) is 15.2 Å². The summed E-state index contributed by atoms with van der Waals surface area (Å²) in [4.78, 5) is 32.2. The largest absolute Gasteiger partial charge is 0.351 e. The summed E-state index contributed by atoms with van der Waals surface area (Å²) in [7, 11) is 0. The van der Waals surface area contributed by atoms with Crippen LogP contribution in [0.2, 0.25) is 0 Å². The van der Waals surface area contributed by atoms with Crippen molar-refractivity contribution in [3.63, 3.8) is 0 Å². The number of anilines is 1. The van der Waals surface area contributed by atoms with Crippen molar-refractivity contribution in [2.75, 3.05) is 44.2 Å². The summed E-state index contributed by atoms with van der Waals surface area (Å²) in [6, 6.07) is 12.2.